The van der Waals surface area contributed by atoms with E-state index < -0.39 is 10.0 Å². The van der Waals surface area contributed by atoms with Crippen LogP contribution in [0.1, 0.15) is 44.1 Å². The van der Waals surface area contributed by atoms with Gasteiger partial charge in [0, 0.05) is 21.7 Å². The van der Waals surface area contributed by atoms with Gasteiger partial charge in [-0.3, -0.25) is 4.72 Å². The number of nitrogens with zero attached hydrogens (tertiary/aromatic N) is 1. The minimum atomic E-state index is -3.94. The molecule has 1 fully saturated rings. The third-order valence-corrected chi connectivity index (χ3v) is 9.13. The second-order valence-corrected chi connectivity index (χ2v) is 11.7. The number of hydrogen-bond donors (Lipinski definition) is 2. The van der Waals surface area contributed by atoms with Gasteiger partial charge < -0.3 is 9.84 Å². The molecule has 1 aromatic heterocycles. The molecule has 5 rings (SSSR count). The number of aromatic hydroxyl groups is 1. The lowest BCUT2D eigenvalue weighted by Crippen LogP contribution is -2.14. The van der Waals surface area contributed by atoms with Crippen LogP contribution in [0.4, 0.5) is 5.69 Å². The van der Waals surface area contributed by atoms with Gasteiger partial charge in [0.15, 0.2) is 10.8 Å². The van der Waals surface area contributed by atoms with Gasteiger partial charge in [-0.1, -0.05) is 56.2 Å². The van der Waals surface area contributed by atoms with E-state index in [0.29, 0.717) is 27.4 Å². The maximum atomic E-state index is 13.1. The first kappa shape index (κ1) is 23.6. The Hall–Kier alpha value is -3.10. The lowest BCUT2D eigenvalue weighted by molar-refractivity contribution is 0.348. The van der Waals surface area contributed by atoms with Crippen molar-refractivity contribution in [1.82, 2.24) is 4.98 Å². The molecule has 0 radical (unpaired) electrons. The molecule has 1 heterocycles. The summed E-state index contributed by atoms with van der Waals surface area (Å²) in [6, 6.07) is 16.6. The minimum absolute atomic E-state index is 0.0408. The summed E-state index contributed by atoms with van der Waals surface area (Å²) >= 11 is 1.30. The van der Waals surface area contributed by atoms with Crippen molar-refractivity contribution in [3.8, 4) is 22.1 Å². The Morgan fingerprint density at radius 2 is 1.74 bits per heavy atom. The van der Waals surface area contributed by atoms with Crippen molar-refractivity contribution in [2.75, 3.05) is 11.8 Å². The van der Waals surface area contributed by atoms with E-state index in [-0.39, 0.29) is 16.5 Å². The molecule has 4 aromatic rings. The molecule has 3 aromatic carbocycles. The Bertz CT molecular complexity index is 1450. The molecule has 0 amide bonds. The van der Waals surface area contributed by atoms with Crippen LogP contribution in [0, 0.1) is 5.92 Å². The number of thiazole rings is 1. The number of benzene rings is 3. The highest BCUT2D eigenvalue weighted by Crippen LogP contribution is 2.39. The Balaban J connectivity index is 1.37. The summed E-state index contributed by atoms with van der Waals surface area (Å²) in [7, 11) is -2.47. The molecule has 1 saturated carbocycles. The van der Waals surface area contributed by atoms with Crippen LogP contribution in [0.3, 0.4) is 0 Å². The van der Waals surface area contributed by atoms with Crippen molar-refractivity contribution in [1.29, 1.82) is 0 Å². The number of phenols is 1. The van der Waals surface area contributed by atoms with Crippen LogP contribution < -0.4 is 9.46 Å². The molecule has 1 aliphatic rings. The monoisotopic (exact) mass is 508 g/mol. The number of fused-ring (bicyclic) bond motifs is 1. The molecule has 0 atom stereocenters. The third-order valence-electron chi connectivity index (χ3n) is 6.84. The molecule has 0 aliphatic heterocycles. The van der Waals surface area contributed by atoms with E-state index in [2.05, 4.69) is 28.8 Å². The summed E-state index contributed by atoms with van der Waals surface area (Å²) in [5.74, 6) is 1.86. The second-order valence-electron chi connectivity index (χ2n) is 9.19. The number of phenolic OH excluding ortho intramolecular Hbond substituents is 1. The number of hydrogen-bond acceptors (Lipinski definition) is 6. The zero-order chi connectivity index (χ0) is 24.6. The molecule has 1 aliphatic carbocycles. The summed E-state index contributed by atoms with van der Waals surface area (Å²) in [6.07, 6.45) is 5.00. The van der Waals surface area contributed by atoms with Gasteiger partial charge in [-0.15, -0.1) is 11.3 Å². The summed E-state index contributed by atoms with van der Waals surface area (Å²) in [5.41, 5.74) is 2.54. The van der Waals surface area contributed by atoms with Crippen molar-refractivity contribution in [3.63, 3.8) is 0 Å². The van der Waals surface area contributed by atoms with E-state index in [0.717, 1.165) is 11.5 Å². The quantitative estimate of drug-likeness (QED) is 0.300. The lowest BCUT2D eigenvalue weighted by Gasteiger charge is -2.26. The molecule has 182 valence electrons. The molecule has 0 bridgehead atoms. The molecule has 0 saturated heterocycles. The van der Waals surface area contributed by atoms with Gasteiger partial charge in [-0.25, -0.2) is 4.98 Å². The number of aromatic nitrogens is 1. The zero-order valence-electron chi connectivity index (χ0n) is 19.7. The Morgan fingerprint density at radius 1 is 1.00 bits per heavy atom. The second kappa shape index (κ2) is 9.51. The summed E-state index contributed by atoms with van der Waals surface area (Å²) < 4.78 is 34.3. The fraction of sp³-hybridized carbons (Fsp3) is 0.296. The number of methoxy groups -OCH3 is 1. The Kier molecular flexibility index (Phi) is 6.42. The first-order valence-electron chi connectivity index (χ1n) is 11.7. The molecule has 0 unspecified atom stereocenters. The summed E-state index contributed by atoms with van der Waals surface area (Å²) in [4.78, 5) is 4.42. The van der Waals surface area contributed by atoms with E-state index in [1.165, 1.54) is 49.7 Å². The maximum absolute atomic E-state index is 13.1. The van der Waals surface area contributed by atoms with Crippen molar-refractivity contribution < 1.29 is 18.3 Å². The van der Waals surface area contributed by atoms with Gasteiger partial charge in [0.2, 0.25) is 0 Å². The number of nitrogens with one attached hydrogen (secondary N) is 1. The largest absolute Gasteiger partial charge is 0.507 e. The molecule has 6 nitrogen and oxygen atoms in total. The summed E-state index contributed by atoms with van der Waals surface area (Å²) in [5, 5.41) is 13.5. The third kappa shape index (κ3) is 4.73. The average molecular weight is 509 g/mol. The van der Waals surface area contributed by atoms with E-state index in [1.54, 1.807) is 35.7 Å². The number of rotatable bonds is 6. The molecular weight excluding hydrogens is 480 g/mol. The predicted molar refractivity (Wildman–Crippen MR) is 141 cm³/mol. The van der Waals surface area contributed by atoms with Crippen molar-refractivity contribution in [2.45, 2.75) is 43.6 Å². The number of ether oxygens (including phenoxy) is 1. The summed E-state index contributed by atoms with van der Waals surface area (Å²) in [6.45, 7) is 2.32. The lowest BCUT2D eigenvalue weighted by atomic mass is 9.79. The van der Waals surface area contributed by atoms with Gasteiger partial charge in [0.05, 0.1) is 12.8 Å². The van der Waals surface area contributed by atoms with Crippen LogP contribution in [-0.4, -0.2) is 25.6 Å². The fourth-order valence-corrected chi connectivity index (χ4v) is 6.98. The minimum Gasteiger partial charge on any atom is -0.507 e. The van der Waals surface area contributed by atoms with Gasteiger partial charge >= 0.3 is 0 Å². The van der Waals surface area contributed by atoms with Crippen LogP contribution in [0.15, 0.2) is 65.0 Å². The maximum Gasteiger partial charge on any atom is 0.280 e. The molecule has 2 N–H and O–H groups in total. The van der Waals surface area contributed by atoms with Crippen LogP contribution in [0.2, 0.25) is 0 Å². The first-order chi connectivity index (χ1) is 16.9. The van der Waals surface area contributed by atoms with E-state index in [9.17, 15) is 13.5 Å². The van der Waals surface area contributed by atoms with E-state index in [1.807, 2.05) is 12.1 Å². The number of sulfonamides is 1. The highest BCUT2D eigenvalue weighted by molar-refractivity contribution is 7.92. The average Bonchev–Trinajstić information content (AvgIpc) is 3.36. The van der Waals surface area contributed by atoms with Crippen LogP contribution >= 0.6 is 11.3 Å². The van der Waals surface area contributed by atoms with E-state index in [4.69, 9.17) is 4.74 Å². The van der Waals surface area contributed by atoms with Crippen molar-refractivity contribution in [3.05, 3.63) is 65.5 Å². The fourth-order valence-electron chi connectivity index (χ4n) is 4.82. The Labute approximate surface area is 209 Å². The number of anilines is 1. The zero-order valence-corrected chi connectivity index (χ0v) is 21.3. The van der Waals surface area contributed by atoms with E-state index >= 15 is 0 Å². The van der Waals surface area contributed by atoms with Crippen LogP contribution in [0.5, 0.6) is 11.5 Å². The van der Waals surface area contributed by atoms with Gasteiger partial charge in [0.1, 0.15) is 10.8 Å². The highest BCUT2D eigenvalue weighted by Gasteiger charge is 2.23. The van der Waals surface area contributed by atoms with Crippen LogP contribution in [-0.2, 0) is 10.0 Å². The molecule has 8 heteroatoms. The van der Waals surface area contributed by atoms with Gasteiger partial charge in [-0.05, 0) is 48.4 Å². The SMILES string of the molecule is COc1c(NS(=O)(=O)c2csc(-c3ccc(C4CCC(C)CC4)cc3)n2)ccc2c(O)cccc12. The first-order valence-corrected chi connectivity index (χ1v) is 14.1. The van der Waals surface area contributed by atoms with Gasteiger partial charge in [0.25, 0.3) is 10.0 Å². The standard InChI is InChI=1S/C27H28N2O4S2/c1-17-6-8-18(9-7-17)19-10-12-20(13-11-19)27-28-25(16-34-27)35(31,32)29-23-15-14-21-22(26(23)33-2)4-3-5-24(21)30/h3-5,10-18,29-30H,6-9H2,1-2H3. The molecule has 35 heavy (non-hydrogen) atoms. The Morgan fingerprint density at radius 3 is 2.46 bits per heavy atom. The smallest absolute Gasteiger partial charge is 0.280 e. The van der Waals surface area contributed by atoms with Crippen molar-refractivity contribution >= 4 is 37.8 Å². The molecular formula is C27H28N2O4S2. The highest BCUT2D eigenvalue weighted by atomic mass is 32.2. The van der Waals surface area contributed by atoms with Gasteiger partial charge in [-0.2, -0.15) is 8.42 Å². The topological polar surface area (TPSA) is 88.5 Å². The predicted octanol–water partition coefficient (Wildman–Crippen LogP) is 6.77. The molecule has 0 spiro atoms. The van der Waals surface area contributed by atoms with Crippen molar-refractivity contribution in [2.24, 2.45) is 5.92 Å². The normalized spacial score (nSPS) is 18.5. The van der Waals surface area contributed by atoms with Crippen LogP contribution in [0.25, 0.3) is 21.3 Å².